The second-order valence-corrected chi connectivity index (χ2v) is 5.80. The quantitative estimate of drug-likeness (QED) is 0.462. The van der Waals surface area contributed by atoms with Crippen molar-refractivity contribution in [2.75, 3.05) is 5.73 Å². The fourth-order valence-corrected chi connectivity index (χ4v) is 2.60. The summed E-state index contributed by atoms with van der Waals surface area (Å²) in [5, 5.41) is 11.8. The lowest BCUT2D eigenvalue weighted by Gasteiger charge is -2.13. The summed E-state index contributed by atoms with van der Waals surface area (Å²) in [6.07, 6.45) is 1.87. The average Bonchev–Trinajstić information content (AvgIpc) is 2.66. The van der Waals surface area contributed by atoms with Crippen LogP contribution in [0.15, 0.2) is 91.0 Å². The Morgan fingerprint density at radius 1 is 0.840 bits per heavy atom. The molecule has 3 aromatic carbocycles. The molecule has 0 aliphatic heterocycles. The lowest BCUT2D eigenvalue weighted by molar-refractivity contribution is 0.891. The van der Waals surface area contributed by atoms with E-state index in [0.717, 1.165) is 28.1 Å². The van der Waals surface area contributed by atoms with Gasteiger partial charge in [-0.1, -0.05) is 72.8 Å². The minimum Gasteiger partial charge on any atom is -0.399 e. The van der Waals surface area contributed by atoms with Crippen LogP contribution in [-0.2, 0) is 6.54 Å². The van der Waals surface area contributed by atoms with E-state index in [2.05, 4.69) is 5.32 Å². The Kier molecular flexibility index (Phi) is 5.27. The van der Waals surface area contributed by atoms with Crippen LogP contribution in [-0.4, -0.2) is 5.71 Å². The molecule has 124 valence electrons. The van der Waals surface area contributed by atoms with E-state index in [1.165, 1.54) is 0 Å². The number of hydrogen-bond donors (Lipinski definition) is 3. The van der Waals surface area contributed by atoms with Crippen LogP contribution in [0.3, 0.4) is 0 Å². The molecule has 0 saturated heterocycles. The zero-order chi connectivity index (χ0) is 17.5. The van der Waals surface area contributed by atoms with Gasteiger partial charge in [0.2, 0.25) is 0 Å². The Labute approximate surface area is 148 Å². The smallest absolute Gasteiger partial charge is 0.0632 e. The summed E-state index contributed by atoms with van der Waals surface area (Å²) in [6.45, 7) is 0.647. The summed E-state index contributed by atoms with van der Waals surface area (Å²) in [5.41, 5.74) is 11.0. The molecule has 0 fully saturated rings. The van der Waals surface area contributed by atoms with E-state index < -0.39 is 0 Å². The van der Waals surface area contributed by atoms with Crippen molar-refractivity contribution >= 4 is 17.1 Å². The maximum Gasteiger partial charge on any atom is 0.0632 e. The van der Waals surface area contributed by atoms with Crippen molar-refractivity contribution in [2.45, 2.75) is 6.54 Å². The maximum atomic E-state index is 8.39. The summed E-state index contributed by atoms with van der Waals surface area (Å²) in [7, 11) is 0. The topological polar surface area (TPSA) is 61.9 Å². The van der Waals surface area contributed by atoms with Crippen molar-refractivity contribution < 1.29 is 0 Å². The Hall–Kier alpha value is -3.33. The zero-order valence-electron chi connectivity index (χ0n) is 13.9. The molecule has 0 aliphatic rings. The number of benzene rings is 3. The minimum atomic E-state index is 0.472. The second-order valence-electron chi connectivity index (χ2n) is 5.80. The van der Waals surface area contributed by atoms with Crippen molar-refractivity contribution in [1.29, 1.82) is 5.41 Å². The van der Waals surface area contributed by atoms with Gasteiger partial charge in [0.15, 0.2) is 0 Å². The molecular weight excluding hydrogens is 306 g/mol. The van der Waals surface area contributed by atoms with Crippen LogP contribution < -0.4 is 11.1 Å². The lowest BCUT2D eigenvalue weighted by atomic mass is 10.1. The normalized spacial score (nSPS) is 11.1. The molecule has 0 radical (unpaired) electrons. The Bertz CT molecular complexity index is 868. The zero-order valence-corrected chi connectivity index (χ0v) is 13.9. The Morgan fingerprint density at radius 2 is 1.48 bits per heavy atom. The molecule has 3 rings (SSSR count). The van der Waals surface area contributed by atoms with Crippen LogP contribution in [0.25, 0.3) is 5.70 Å². The molecule has 0 unspecified atom stereocenters. The minimum absolute atomic E-state index is 0.472. The van der Waals surface area contributed by atoms with Crippen molar-refractivity contribution in [3.63, 3.8) is 0 Å². The van der Waals surface area contributed by atoms with E-state index in [-0.39, 0.29) is 0 Å². The van der Waals surface area contributed by atoms with Gasteiger partial charge in [0, 0.05) is 17.9 Å². The van der Waals surface area contributed by atoms with Gasteiger partial charge in [0.1, 0.15) is 0 Å². The van der Waals surface area contributed by atoms with Gasteiger partial charge < -0.3 is 16.5 Å². The molecule has 0 aromatic heterocycles. The highest BCUT2D eigenvalue weighted by atomic mass is 14.9. The molecule has 3 aromatic rings. The van der Waals surface area contributed by atoms with E-state index >= 15 is 0 Å². The second kappa shape index (κ2) is 7.97. The van der Waals surface area contributed by atoms with E-state index in [0.29, 0.717) is 12.3 Å². The number of anilines is 1. The molecule has 25 heavy (non-hydrogen) atoms. The molecule has 4 N–H and O–H groups in total. The summed E-state index contributed by atoms with van der Waals surface area (Å²) in [4.78, 5) is 0. The molecule has 0 aliphatic carbocycles. The Morgan fingerprint density at radius 3 is 2.12 bits per heavy atom. The third-order valence-electron chi connectivity index (χ3n) is 3.89. The van der Waals surface area contributed by atoms with Crippen LogP contribution in [0.4, 0.5) is 5.69 Å². The lowest BCUT2D eigenvalue weighted by Crippen LogP contribution is -2.13. The van der Waals surface area contributed by atoms with Gasteiger partial charge in [-0.05, 0) is 34.9 Å². The fourth-order valence-electron chi connectivity index (χ4n) is 2.60. The van der Waals surface area contributed by atoms with Crippen molar-refractivity contribution in [3.05, 3.63) is 108 Å². The fraction of sp³-hybridized carbons (Fsp3) is 0.0455. The first-order valence-electron chi connectivity index (χ1n) is 8.22. The number of nitrogen functional groups attached to an aromatic ring is 1. The molecule has 0 bridgehead atoms. The highest BCUT2D eigenvalue weighted by molar-refractivity contribution is 6.10. The largest absolute Gasteiger partial charge is 0.399 e. The molecular formula is C22H21N3. The average molecular weight is 327 g/mol. The van der Waals surface area contributed by atoms with Gasteiger partial charge in [-0.15, -0.1) is 0 Å². The first kappa shape index (κ1) is 16.5. The summed E-state index contributed by atoms with van der Waals surface area (Å²) >= 11 is 0. The summed E-state index contributed by atoms with van der Waals surface area (Å²) < 4.78 is 0. The van der Waals surface area contributed by atoms with Crippen LogP contribution in [0.1, 0.15) is 16.7 Å². The first-order valence-corrected chi connectivity index (χ1v) is 8.22. The summed E-state index contributed by atoms with van der Waals surface area (Å²) in [5.74, 6) is 0. The van der Waals surface area contributed by atoms with Crippen molar-refractivity contribution in [1.82, 2.24) is 5.32 Å². The first-order chi connectivity index (χ1) is 12.2. The highest BCUT2D eigenvalue weighted by Crippen LogP contribution is 2.15. The summed E-state index contributed by atoms with van der Waals surface area (Å²) in [6, 6.07) is 27.6. The number of hydrogen-bond acceptors (Lipinski definition) is 3. The number of nitrogens with one attached hydrogen (secondary N) is 2. The van der Waals surface area contributed by atoms with E-state index in [1.54, 1.807) is 0 Å². The van der Waals surface area contributed by atoms with Gasteiger partial charge in [-0.25, -0.2) is 0 Å². The molecule has 3 heteroatoms. The van der Waals surface area contributed by atoms with Gasteiger partial charge in [0.05, 0.1) is 5.71 Å². The van der Waals surface area contributed by atoms with Crippen LogP contribution >= 0.6 is 0 Å². The number of allylic oxidation sites excluding steroid dienone is 1. The van der Waals surface area contributed by atoms with Gasteiger partial charge in [0.25, 0.3) is 0 Å². The van der Waals surface area contributed by atoms with Crippen LogP contribution in [0.2, 0.25) is 0 Å². The third kappa shape index (κ3) is 4.58. The number of rotatable bonds is 6. The highest BCUT2D eigenvalue weighted by Gasteiger charge is 2.05. The van der Waals surface area contributed by atoms with Gasteiger partial charge in [-0.2, -0.15) is 0 Å². The standard InChI is InChI=1S/C22H21N3/c23-20-13-7-8-17(14-20)16-25-22(19-11-5-2-6-12-19)15-21(24)18-9-3-1-4-10-18/h1-15,24-25H,16,23H2/b22-15-,24-21?. The third-order valence-corrected chi connectivity index (χ3v) is 3.89. The Balaban J connectivity index is 1.85. The van der Waals surface area contributed by atoms with E-state index in [1.807, 2.05) is 91.0 Å². The maximum absolute atomic E-state index is 8.39. The van der Waals surface area contributed by atoms with Crippen LogP contribution in [0.5, 0.6) is 0 Å². The molecule has 0 spiro atoms. The molecule has 0 saturated carbocycles. The van der Waals surface area contributed by atoms with E-state index in [9.17, 15) is 0 Å². The number of nitrogens with two attached hydrogens (primary N) is 1. The monoisotopic (exact) mass is 327 g/mol. The van der Waals surface area contributed by atoms with Crippen LogP contribution in [0, 0.1) is 5.41 Å². The van der Waals surface area contributed by atoms with Crippen molar-refractivity contribution in [3.8, 4) is 0 Å². The SMILES string of the molecule is N=C(/C=C(\NCc1cccc(N)c1)c1ccccc1)c1ccccc1. The van der Waals surface area contributed by atoms with Gasteiger partial charge in [-0.3, -0.25) is 0 Å². The predicted molar refractivity (Wildman–Crippen MR) is 105 cm³/mol. The molecule has 3 nitrogen and oxygen atoms in total. The predicted octanol–water partition coefficient (Wildman–Crippen LogP) is 4.47. The molecule has 0 amide bonds. The van der Waals surface area contributed by atoms with Gasteiger partial charge >= 0.3 is 0 Å². The molecule has 0 heterocycles. The van der Waals surface area contributed by atoms with Crippen molar-refractivity contribution in [2.24, 2.45) is 0 Å². The van der Waals surface area contributed by atoms with E-state index in [4.69, 9.17) is 11.1 Å². The molecule has 0 atom stereocenters.